The van der Waals surface area contributed by atoms with Crippen molar-refractivity contribution in [2.45, 2.75) is 104 Å². The number of hydrogen-bond donors (Lipinski definition) is 1. The lowest BCUT2D eigenvalue weighted by Gasteiger charge is -2.58. The molecular weight excluding hydrogens is 384 g/mol. The highest BCUT2D eigenvalue weighted by atomic mass is 16.5. The molecule has 0 aromatic carbocycles. The molecule has 0 bridgehead atoms. The second kappa shape index (κ2) is 8.84. The van der Waals surface area contributed by atoms with Crippen LogP contribution in [0.3, 0.4) is 0 Å². The van der Waals surface area contributed by atoms with E-state index in [4.69, 9.17) is 4.74 Å². The van der Waals surface area contributed by atoms with Gasteiger partial charge in [-0.25, -0.2) is 0 Å². The van der Waals surface area contributed by atoms with Crippen LogP contribution in [0.15, 0.2) is 11.6 Å². The summed E-state index contributed by atoms with van der Waals surface area (Å²) in [7, 11) is 1.56. The third kappa shape index (κ3) is 3.81. The van der Waals surface area contributed by atoms with Crippen molar-refractivity contribution in [3.63, 3.8) is 0 Å². The predicted molar refractivity (Wildman–Crippen MR) is 125 cm³/mol. The fourth-order valence-corrected chi connectivity index (χ4v) is 8.88. The summed E-state index contributed by atoms with van der Waals surface area (Å²) in [6, 6.07) is 0. The Labute approximate surface area is 190 Å². The Morgan fingerprint density at radius 3 is 2.61 bits per heavy atom. The topological polar surface area (TPSA) is 46.5 Å². The second-order valence-corrected chi connectivity index (χ2v) is 12.2. The van der Waals surface area contributed by atoms with E-state index in [1.165, 1.54) is 44.1 Å². The molecule has 0 aromatic rings. The number of ether oxygens (including phenoxy) is 1. The summed E-state index contributed by atoms with van der Waals surface area (Å²) < 4.78 is 5.43. The lowest BCUT2D eigenvalue weighted by atomic mass is 9.46. The first kappa shape index (κ1) is 23.3. The first-order chi connectivity index (χ1) is 14.7. The zero-order chi connectivity index (χ0) is 22.4. The molecule has 3 heteroatoms. The van der Waals surface area contributed by atoms with E-state index in [0.717, 1.165) is 49.4 Å². The van der Waals surface area contributed by atoms with Gasteiger partial charge in [-0.2, -0.15) is 0 Å². The molecule has 0 heterocycles. The average molecular weight is 431 g/mol. The first-order valence-corrected chi connectivity index (χ1v) is 13.2. The zero-order valence-electron chi connectivity index (χ0n) is 20.7. The molecule has 0 aliphatic heterocycles. The van der Waals surface area contributed by atoms with Crippen molar-refractivity contribution < 1.29 is 14.6 Å². The van der Waals surface area contributed by atoms with E-state index in [1.807, 2.05) is 0 Å². The molecule has 3 saturated carbocycles. The molecule has 0 saturated heterocycles. The number of hydrogen-bond acceptors (Lipinski definition) is 3. The molecule has 0 aromatic heterocycles. The highest BCUT2D eigenvalue weighted by Crippen LogP contribution is 2.67. The Kier molecular flexibility index (Phi) is 6.65. The van der Waals surface area contributed by atoms with Crippen molar-refractivity contribution in [2.75, 3.05) is 7.11 Å². The first-order valence-electron chi connectivity index (χ1n) is 13.2. The summed E-state index contributed by atoms with van der Waals surface area (Å²) in [4.78, 5) is 13.3. The fraction of sp³-hybridized carbons (Fsp3) is 0.893. The van der Waals surface area contributed by atoms with E-state index in [-0.39, 0.29) is 12.1 Å². The molecule has 4 aliphatic carbocycles. The van der Waals surface area contributed by atoms with Crippen molar-refractivity contribution in [1.29, 1.82) is 0 Å². The van der Waals surface area contributed by atoms with Crippen molar-refractivity contribution >= 4 is 5.97 Å². The molecule has 176 valence electrons. The van der Waals surface area contributed by atoms with Crippen LogP contribution in [0.4, 0.5) is 0 Å². The van der Waals surface area contributed by atoms with Crippen molar-refractivity contribution in [2.24, 2.45) is 46.3 Å². The molecular formula is C28H46O3. The minimum Gasteiger partial charge on any atom is -0.468 e. The van der Waals surface area contributed by atoms with Gasteiger partial charge in [-0.15, -0.1) is 0 Å². The zero-order valence-corrected chi connectivity index (χ0v) is 20.7. The third-order valence-corrected chi connectivity index (χ3v) is 10.4. The minimum atomic E-state index is -0.459. The van der Waals surface area contributed by atoms with Crippen LogP contribution >= 0.6 is 0 Å². The largest absolute Gasteiger partial charge is 0.468 e. The lowest BCUT2D eigenvalue weighted by Crippen LogP contribution is -2.55. The van der Waals surface area contributed by atoms with Gasteiger partial charge in [0.05, 0.1) is 18.6 Å². The number of aliphatic hydroxyl groups is 1. The molecule has 3 nitrogen and oxygen atoms in total. The molecule has 0 amide bonds. The maximum Gasteiger partial charge on any atom is 0.316 e. The van der Waals surface area contributed by atoms with Gasteiger partial charge >= 0.3 is 5.97 Å². The molecule has 0 spiro atoms. The van der Waals surface area contributed by atoms with Gasteiger partial charge in [0.2, 0.25) is 0 Å². The minimum absolute atomic E-state index is 0.0273. The Bertz CT molecular complexity index is 696. The van der Waals surface area contributed by atoms with Crippen LogP contribution < -0.4 is 0 Å². The number of rotatable bonds is 6. The van der Waals surface area contributed by atoms with Crippen LogP contribution in [0.25, 0.3) is 0 Å². The molecule has 8 atom stereocenters. The number of allylic oxidation sites excluding steroid dienone is 1. The molecule has 1 N–H and O–H groups in total. The average Bonchev–Trinajstić information content (AvgIpc) is 3.09. The van der Waals surface area contributed by atoms with E-state index >= 15 is 0 Å². The van der Waals surface area contributed by atoms with Gasteiger partial charge in [0.25, 0.3) is 0 Å². The number of aliphatic hydroxyl groups excluding tert-OH is 1. The standard InChI is InChI=1S/C28H46O3/c1-18(2)7-6-8-19(3)23-11-12-24-22-10-9-20-17-21(29)13-16-28(20,26(30)31-5)25(22)14-15-27(23,24)4/h9,18-19,21-25,29H,6-8,10-17H2,1-5H3. The summed E-state index contributed by atoms with van der Waals surface area (Å²) in [5.41, 5.74) is 1.16. The maximum atomic E-state index is 13.3. The summed E-state index contributed by atoms with van der Waals surface area (Å²) >= 11 is 0. The van der Waals surface area contributed by atoms with Crippen LogP contribution in [0.1, 0.15) is 98.3 Å². The fourth-order valence-electron chi connectivity index (χ4n) is 8.88. The van der Waals surface area contributed by atoms with Gasteiger partial charge in [0, 0.05) is 0 Å². The van der Waals surface area contributed by atoms with Crippen molar-refractivity contribution in [3.8, 4) is 0 Å². The second-order valence-electron chi connectivity index (χ2n) is 12.2. The third-order valence-electron chi connectivity index (χ3n) is 10.4. The summed E-state index contributed by atoms with van der Waals surface area (Å²) in [6.07, 6.45) is 14.5. The molecule has 8 unspecified atom stereocenters. The number of carbonyl (C=O) groups is 1. The molecule has 31 heavy (non-hydrogen) atoms. The molecule has 3 fully saturated rings. The normalized spacial score (nSPS) is 42.9. The van der Waals surface area contributed by atoms with Crippen molar-refractivity contribution in [3.05, 3.63) is 11.6 Å². The molecule has 4 aliphatic rings. The van der Waals surface area contributed by atoms with Gasteiger partial charge in [-0.3, -0.25) is 4.79 Å². The van der Waals surface area contributed by atoms with Crippen molar-refractivity contribution in [1.82, 2.24) is 0 Å². The van der Waals surface area contributed by atoms with E-state index in [0.29, 0.717) is 23.7 Å². The van der Waals surface area contributed by atoms with Crippen LogP contribution in [0.5, 0.6) is 0 Å². The number of methoxy groups -OCH3 is 1. The molecule has 4 rings (SSSR count). The Morgan fingerprint density at radius 1 is 1.13 bits per heavy atom. The van der Waals surface area contributed by atoms with Gasteiger partial charge in [0.15, 0.2) is 0 Å². The Hall–Kier alpha value is -0.830. The quantitative estimate of drug-likeness (QED) is 0.384. The van der Waals surface area contributed by atoms with E-state index in [9.17, 15) is 9.90 Å². The lowest BCUT2D eigenvalue weighted by molar-refractivity contribution is -0.163. The Morgan fingerprint density at radius 2 is 1.90 bits per heavy atom. The monoisotopic (exact) mass is 430 g/mol. The highest BCUT2D eigenvalue weighted by Gasteiger charge is 2.62. The summed E-state index contributed by atoms with van der Waals surface area (Å²) in [5, 5.41) is 10.3. The smallest absolute Gasteiger partial charge is 0.316 e. The number of esters is 1. The Balaban J connectivity index is 1.56. The van der Waals surface area contributed by atoms with Gasteiger partial charge < -0.3 is 9.84 Å². The number of carbonyl (C=O) groups excluding carboxylic acids is 1. The number of fused-ring (bicyclic) bond motifs is 5. The van der Waals surface area contributed by atoms with Crippen LogP contribution in [0.2, 0.25) is 0 Å². The van der Waals surface area contributed by atoms with Crippen LogP contribution in [-0.4, -0.2) is 24.3 Å². The van der Waals surface area contributed by atoms with Gasteiger partial charge in [-0.1, -0.05) is 58.6 Å². The van der Waals surface area contributed by atoms with E-state index < -0.39 is 5.41 Å². The maximum absolute atomic E-state index is 13.3. The van der Waals surface area contributed by atoms with Gasteiger partial charge in [0.1, 0.15) is 0 Å². The molecule has 0 radical (unpaired) electrons. The summed E-state index contributed by atoms with van der Waals surface area (Å²) in [5.74, 6) is 4.15. The van der Waals surface area contributed by atoms with E-state index in [1.54, 1.807) is 7.11 Å². The van der Waals surface area contributed by atoms with E-state index in [2.05, 4.69) is 33.8 Å². The van der Waals surface area contributed by atoms with Crippen LogP contribution in [0, 0.1) is 46.3 Å². The van der Waals surface area contributed by atoms with Gasteiger partial charge in [-0.05, 0) is 92.3 Å². The summed E-state index contributed by atoms with van der Waals surface area (Å²) in [6.45, 7) is 9.79. The SMILES string of the molecule is COC(=O)C12CCC(O)CC1=CCC1C2CCC2(C)C(C(C)CCCC(C)C)CCC12. The highest BCUT2D eigenvalue weighted by molar-refractivity contribution is 5.82. The van der Waals surface area contributed by atoms with Crippen LogP contribution in [-0.2, 0) is 9.53 Å². The predicted octanol–water partition coefficient (Wildman–Crippen LogP) is 6.54.